The van der Waals surface area contributed by atoms with Crippen LogP contribution in [0.15, 0.2) is 15.7 Å². The average Bonchev–Trinajstić information content (AvgIpc) is 2.95. The molecule has 1 N–H and O–H groups in total. The Bertz CT molecular complexity index is 811. The largest absolute Gasteiger partial charge is 0.477 e. The van der Waals surface area contributed by atoms with Crippen molar-refractivity contribution in [3.8, 4) is 0 Å². The van der Waals surface area contributed by atoms with Crippen molar-refractivity contribution < 1.29 is 9.90 Å². The minimum Gasteiger partial charge on any atom is -0.477 e. The lowest BCUT2D eigenvalue weighted by Gasteiger charge is -1.99. The highest BCUT2D eigenvalue weighted by Crippen LogP contribution is 2.38. The first-order chi connectivity index (χ1) is 9.56. The Balaban J connectivity index is 2.13. The minimum atomic E-state index is -0.937. The lowest BCUT2D eigenvalue weighted by atomic mass is 10.2. The first kappa shape index (κ1) is 13.4. The summed E-state index contributed by atoms with van der Waals surface area (Å²) in [5.41, 5.74) is 0.696. The standard InChI is InChI=1S/C11H8N4O2S3/c1-4-6-8(18-7(4)10(16)17)12-3-13-9(6)19-11-14-5(2)15-20-11/h3H,1-2H3,(H,16,17). The molecule has 0 spiro atoms. The molecule has 0 fully saturated rings. The Hall–Kier alpha value is -1.58. The van der Waals surface area contributed by atoms with Gasteiger partial charge in [0.05, 0.1) is 0 Å². The van der Waals surface area contributed by atoms with Gasteiger partial charge in [-0.3, -0.25) is 0 Å². The number of hydrogen-bond donors (Lipinski definition) is 1. The SMILES string of the molecule is Cc1nsc(Sc2ncnc3sc(C(=O)O)c(C)c23)n1. The van der Waals surface area contributed by atoms with Gasteiger partial charge in [-0.25, -0.2) is 19.7 Å². The normalized spacial score (nSPS) is 11.1. The number of hydrogen-bond acceptors (Lipinski definition) is 8. The van der Waals surface area contributed by atoms with E-state index in [1.165, 1.54) is 41.0 Å². The Morgan fingerprint density at radius 3 is 2.80 bits per heavy atom. The number of aromatic carboxylic acids is 1. The molecular weight excluding hydrogens is 316 g/mol. The van der Waals surface area contributed by atoms with Gasteiger partial charge < -0.3 is 5.11 Å². The summed E-state index contributed by atoms with van der Waals surface area (Å²) < 4.78 is 4.91. The van der Waals surface area contributed by atoms with E-state index in [9.17, 15) is 9.90 Å². The van der Waals surface area contributed by atoms with Crippen LogP contribution in [0.2, 0.25) is 0 Å². The van der Waals surface area contributed by atoms with Crippen molar-refractivity contribution >= 4 is 50.8 Å². The number of nitrogens with zero attached hydrogens (tertiary/aromatic N) is 4. The van der Waals surface area contributed by atoms with Gasteiger partial charge in [0.25, 0.3) is 0 Å². The summed E-state index contributed by atoms with van der Waals surface area (Å²) in [5.74, 6) is -0.218. The van der Waals surface area contributed by atoms with Gasteiger partial charge in [-0.2, -0.15) is 4.37 Å². The highest BCUT2D eigenvalue weighted by molar-refractivity contribution is 8.01. The van der Waals surface area contributed by atoms with Gasteiger partial charge in [0.2, 0.25) is 0 Å². The summed E-state index contributed by atoms with van der Waals surface area (Å²) in [6.07, 6.45) is 1.44. The third kappa shape index (κ3) is 2.28. The zero-order chi connectivity index (χ0) is 14.3. The van der Waals surface area contributed by atoms with Crippen molar-refractivity contribution in [1.82, 2.24) is 19.3 Å². The predicted octanol–water partition coefficient (Wildman–Crippen LogP) is 3.01. The molecule has 3 aromatic rings. The summed E-state index contributed by atoms with van der Waals surface area (Å²) in [6.45, 7) is 3.61. The molecule has 20 heavy (non-hydrogen) atoms. The summed E-state index contributed by atoms with van der Waals surface area (Å²) in [6, 6.07) is 0. The van der Waals surface area contributed by atoms with Crippen molar-refractivity contribution in [3.63, 3.8) is 0 Å². The van der Waals surface area contributed by atoms with Crippen LogP contribution >= 0.6 is 34.6 Å². The molecule has 3 rings (SSSR count). The molecule has 3 aromatic heterocycles. The maximum atomic E-state index is 11.2. The molecule has 0 bridgehead atoms. The number of aromatic nitrogens is 4. The van der Waals surface area contributed by atoms with Crippen molar-refractivity contribution in [2.24, 2.45) is 0 Å². The average molecular weight is 324 g/mol. The van der Waals surface area contributed by atoms with Crippen LogP contribution in [0.1, 0.15) is 21.1 Å². The number of carboxylic acids is 1. The van der Waals surface area contributed by atoms with Crippen LogP contribution in [0.25, 0.3) is 10.2 Å². The Morgan fingerprint density at radius 2 is 2.15 bits per heavy atom. The molecule has 0 aliphatic rings. The van der Waals surface area contributed by atoms with Gasteiger partial charge in [0, 0.05) is 5.39 Å². The number of fused-ring (bicyclic) bond motifs is 1. The van der Waals surface area contributed by atoms with E-state index in [1.807, 2.05) is 6.92 Å². The van der Waals surface area contributed by atoms with E-state index >= 15 is 0 Å². The molecule has 0 saturated carbocycles. The van der Waals surface area contributed by atoms with Crippen molar-refractivity contribution in [3.05, 3.63) is 22.6 Å². The summed E-state index contributed by atoms with van der Waals surface area (Å²) in [7, 11) is 0. The maximum absolute atomic E-state index is 11.2. The molecule has 6 nitrogen and oxygen atoms in total. The van der Waals surface area contributed by atoms with Gasteiger partial charge in [-0.15, -0.1) is 11.3 Å². The smallest absolute Gasteiger partial charge is 0.346 e. The summed E-state index contributed by atoms with van der Waals surface area (Å²) in [4.78, 5) is 24.9. The lowest BCUT2D eigenvalue weighted by Crippen LogP contribution is -1.94. The molecule has 9 heteroatoms. The molecule has 0 aliphatic carbocycles. The fourth-order valence-corrected chi connectivity index (χ4v) is 4.49. The Labute approximate surface area is 126 Å². The summed E-state index contributed by atoms with van der Waals surface area (Å²) >= 11 is 3.85. The number of carbonyl (C=O) groups is 1. The molecule has 0 aromatic carbocycles. The maximum Gasteiger partial charge on any atom is 0.346 e. The zero-order valence-electron chi connectivity index (χ0n) is 10.4. The quantitative estimate of drug-likeness (QED) is 0.741. The van der Waals surface area contributed by atoms with E-state index in [1.54, 1.807) is 6.92 Å². The number of carboxylic acid groups (broad SMARTS) is 1. The highest BCUT2D eigenvalue weighted by atomic mass is 32.2. The second-order valence-corrected chi connectivity index (χ2v) is 6.92. The van der Waals surface area contributed by atoms with Gasteiger partial charge in [-0.1, -0.05) is 0 Å². The third-order valence-electron chi connectivity index (χ3n) is 2.58. The monoisotopic (exact) mass is 324 g/mol. The Morgan fingerprint density at radius 1 is 1.35 bits per heavy atom. The first-order valence-corrected chi connectivity index (χ1v) is 7.92. The van der Waals surface area contributed by atoms with E-state index in [0.29, 0.717) is 20.3 Å². The van der Waals surface area contributed by atoms with E-state index in [4.69, 9.17) is 0 Å². The molecule has 0 radical (unpaired) electrons. The lowest BCUT2D eigenvalue weighted by molar-refractivity contribution is 0.0701. The van der Waals surface area contributed by atoms with E-state index in [-0.39, 0.29) is 0 Å². The van der Waals surface area contributed by atoms with Crippen LogP contribution in [0.4, 0.5) is 0 Å². The van der Waals surface area contributed by atoms with Crippen LogP contribution in [0.3, 0.4) is 0 Å². The number of aryl methyl sites for hydroxylation is 2. The van der Waals surface area contributed by atoms with Crippen LogP contribution in [-0.2, 0) is 0 Å². The van der Waals surface area contributed by atoms with Crippen LogP contribution in [0.5, 0.6) is 0 Å². The van der Waals surface area contributed by atoms with Crippen molar-refractivity contribution in [2.45, 2.75) is 23.2 Å². The molecule has 0 aliphatic heterocycles. The highest BCUT2D eigenvalue weighted by Gasteiger charge is 2.19. The van der Waals surface area contributed by atoms with Crippen LogP contribution < -0.4 is 0 Å². The van der Waals surface area contributed by atoms with Gasteiger partial charge in [0.1, 0.15) is 26.9 Å². The topological polar surface area (TPSA) is 88.9 Å². The molecule has 102 valence electrons. The molecular formula is C11H8N4O2S3. The zero-order valence-corrected chi connectivity index (χ0v) is 12.9. The van der Waals surface area contributed by atoms with Gasteiger partial charge in [0.15, 0.2) is 4.34 Å². The fourth-order valence-electron chi connectivity index (χ4n) is 1.72. The minimum absolute atomic E-state index is 0.302. The molecule has 0 amide bonds. The molecule has 0 unspecified atom stereocenters. The number of thiophene rings is 1. The van der Waals surface area contributed by atoms with Crippen molar-refractivity contribution in [2.75, 3.05) is 0 Å². The predicted molar refractivity (Wildman–Crippen MR) is 77.9 cm³/mol. The van der Waals surface area contributed by atoms with E-state index in [0.717, 1.165) is 15.6 Å². The molecule has 0 atom stereocenters. The number of rotatable bonds is 3. The third-order valence-corrected chi connectivity index (χ3v) is 5.61. The van der Waals surface area contributed by atoms with Crippen LogP contribution in [-0.4, -0.2) is 30.4 Å². The van der Waals surface area contributed by atoms with Crippen molar-refractivity contribution in [1.29, 1.82) is 0 Å². The fraction of sp³-hybridized carbons (Fsp3) is 0.182. The molecule has 3 heterocycles. The van der Waals surface area contributed by atoms with E-state index in [2.05, 4.69) is 19.3 Å². The summed E-state index contributed by atoms with van der Waals surface area (Å²) in [5, 5.41) is 10.7. The van der Waals surface area contributed by atoms with Crippen LogP contribution in [0, 0.1) is 13.8 Å². The Kier molecular flexibility index (Phi) is 3.40. The first-order valence-electron chi connectivity index (χ1n) is 5.52. The van der Waals surface area contributed by atoms with E-state index < -0.39 is 5.97 Å². The second-order valence-electron chi connectivity index (χ2n) is 3.93. The van der Waals surface area contributed by atoms with Gasteiger partial charge in [-0.05, 0) is 42.7 Å². The molecule has 0 saturated heterocycles. The second kappa shape index (κ2) is 5.08. The van der Waals surface area contributed by atoms with Gasteiger partial charge >= 0.3 is 5.97 Å².